The highest BCUT2D eigenvalue weighted by Gasteiger charge is 2.06. The van der Waals surface area contributed by atoms with Crippen molar-refractivity contribution < 1.29 is 13.9 Å². The van der Waals surface area contributed by atoms with E-state index in [1.165, 1.54) is 18.2 Å². The summed E-state index contributed by atoms with van der Waals surface area (Å²) < 4.78 is 20.2. The molecule has 1 heterocycles. The average Bonchev–Trinajstić information content (AvgIpc) is 2.74. The maximum Gasteiger partial charge on any atom is 0.211 e. The zero-order valence-electron chi connectivity index (χ0n) is 9.76. The van der Waals surface area contributed by atoms with Crippen molar-refractivity contribution in [3.8, 4) is 5.75 Å². The van der Waals surface area contributed by atoms with E-state index < -0.39 is 5.82 Å². The molecule has 0 aliphatic rings. The summed E-state index contributed by atoms with van der Waals surface area (Å²) in [5, 5.41) is 6.40. The molecule has 2 aromatic rings. The highest BCUT2D eigenvalue weighted by Crippen LogP contribution is 2.25. The van der Waals surface area contributed by atoms with Crippen molar-refractivity contribution in [3.63, 3.8) is 0 Å². The maximum atomic E-state index is 13.0. The van der Waals surface area contributed by atoms with Crippen molar-refractivity contribution in [1.29, 1.82) is 0 Å². The molecule has 0 aliphatic heterocycles. The minimum absolute atomic E-state index is 0.287. The summed E-state index contributed by atoms with van der Waals surface area (Å²) in [5.41, 5.74) is 1.17. The Hall–Kier alpha value is -2.37. The molecule has 0 unspecified atom stereocenters. The van der Waals surface area contributed by atoms with Crippen LogP contribution >= 0.6 is 0 Å². The van der Waals surface area contributed by atoms with Gasteiger partial charge in [0.05, 0.1) is 11.4 Å². The lowest BCUT2D eigenvalue weighted by molar-refractivity contribution is -0.105. The number of carbonyl (C=O) groups excluding carboxylic acids is 1. The maximum absolute atomic E-state index is 13.0. The van der Waals surface area contributed by atoms with Gasteiger partial charge in [0.25, 0.3) is 0 Å². The highest BCUT2D eigenvalue weighted by molar-refractivity contribution is 5.75. The van der Waals surface area contributed by atoms with E-state index in [0.717, 1.165) is 5.69 Å². The van der Waals surface area contributed by atoms with E-state index in [2.05, 4.69) is 10.4 Å². The van der Waals surface area contributed by atoms with Gasteiger partial charge in [0.1, 0.15) is 18.2 Å². The third-order valence-electron chi connectivity index (χ3n) is 2.45. The molecule has 0 radical (unpaired) electrons. The smallest absolute Gasteiger partial charge is 0.211 e. The van der Waals surface area contributed by atoms with Crippen LogP contribution in [-0.2, 0) is 18.4 Å². The van der Waals surface area contributed by atoms with Crippen molar-refractivity contribution in [2.75, 3.05) is 5.32 Å². The van der Waals surface area contributed by atoms with Crippen LogP contribution in [0.5, 0.6) is 5.75 Å². The largest absolute Gasteiger partial charge is 0.485 e. The van der Waals surface area contributed by atoms with Crippen molar-refractivity contribution in [2.45, 2.75) is 6.61 Å². The molecule has 0 fully saturated rings. The number of nitrogens with zero attached hydrogens (tertiary/aromatic N) is 2. The number of halogens is 1. The Morgan fingerprint density at radius 2 is 2.33 bits per heavy atom. The van der Waals surface area contributed by atoms with E-state index in [0.29, 0.717) is 17.8 Å². The van der Waals surface area contributed by atoms with Crippen LogP contribution in [-0.4, -0.2) is 16.2 Å². The molecule has 2 rings (SSSR count). The molecule has 0 saturated heterocycles. The first-order valence-corrected chi connectivity index (χ1v) is 5.30. The van der Waals surface area contributed by atoms with Crippen molar-refractivity contribution in [1.82, 2.24) is 9.78 Å². The lowest BCUT2D eigenvalue weighted by Crippen LogP contribution is -2.05. The Bertz CT molecular complexity index is 554. The number of benzene rings is 1. The van der Waals surface area contributed by atoms with Gasteiger partial charge in [-0.15, -0.1) is 0 Å². The standard InChI is InChI=1S/C12H12FN3O2/c1-16-10(4-5-15-16)7-18-12-3-2-9(13)6-11(12)14-8-17/h2-6,8H,7H2,1H3,(H,14,17). The molecule has 0 atom stereocenters. The molecule has 0 bridgehead atoms. The van der Waals surface area contributed by atoms with Gasteiger partial charge >= 0.3 is 0 Å². The first-order valence-electron chi connectivity index (χ1n) is 5.30. The van der Waals surface area contributed by atoms with Gasteiger partial charge in [-0.2, -0.15) is 5.10 Å². The molecule has 0 spiro atoms. The molecule has 94 valence electrons. The summed E-state index contributed by atoms with van der Waals surface area (Å²) in [6.45, 7) is 0.287. The summed E-state index contributed by atoms with van der Waals surface area (Å²) in [7, 11) is 1.80. The molecule has 5 nitrogen and oxygen atoms in total. The monoisotopic (exact) mass is 249 g/mol. The van der Waals surface area contributed by atoms with Gasteiger partial charge in [-0.05, 0) is 18.2 Å². The number of aryl methyl sites for hydroxylation is 1. The minimum Gasteiger partial charge on any atom is -0.485 e. The second-order valence-electron chi connectivity index (χ2n) is 3.64. The molecule has 18 heavy (non-hydrogen) atoms. The fourth-order valence-electron chi connectivity index (χ4n) is 1.50. The van der Waals surface area contributed by atoms with Gasteiger partial charge in [-0.1, -0.05) is 0 Å². The number of rotatable bonds is 5. The second kappa shape index (κ2) is 5.31. The van der Waals surface area contributed by atoms with Crippen LogP contribution in [0.4, 0.5) is 10.1 Å². The van der Waals surface area contributed by atoms with Gasteiger partial charge in [0.2, 0.25) is 6.41 Å². The van der Waals surface area contributed by atoms with Gasteiger partial charge < -0.3 is 10.1 Å². The number of nitrogens with one attached hydrogen (secondary N) is 1. The van der Waals surface area contributed by atoms with Crippen LogP contribution in [0, 0.1) is 5.82 Å². The van der Waals surface area contributed by atoms with Crippen LogP contribution in [0.1, 0.15) is 5.69 Å². The van der Waals surface area contributed by atoms with E-state index >= 15 is 0 Å². The zero-order chi connectivity index (χ0) is 13.0. The van der Waals surface area contributed by atoms with Gasteiger partial charge in [-0.25, -0.2) is 4.39 Å². The van der Waals surface area contributed by atoms with Crippen LogP contribution in [0.2, 0.25) is 0 Å². The fourth-order valence-corrected chi connectivity index (χ4v) is 1.50. The van der Waals surface area contributed by atoms with E-state index in [9.17, 15) is 9.18 Å². The quantitative estimate of drug-likeness (QED) is 0.821. The Kier molecular flexibility index (Phi) is 3.57. The third-order valence-corrected chi connectivity index (χ3v) is 2.45. The number of amides is 1. The molecule has 1 amide bonds. The predicted molar refractivity (Wildman–Crippen MR) is 63.6 cm³/mol. The van der Waals surface area contributed by atoms with E-state index in [1.807, 2.05) is 6.07 Å². The molecule has 1 aromatic carbocycles. The van der Waals surface area contributed by atoms with Crippen LogP contribution < -0.4 is 10.1 Å². The Labute approximate surface area is 103 Å². The number of hydrogen-bond acceptors (Lipinski definition) is 3. The summed E-state index contributed by atoms with van der Waals surface area (Å²) >= 11 is 0. The zero-order valence-corrected chi connectivity index (χ0v) is 9.76. The highest BCUT2D eigenvalue weighted by atomic mass is 19.1. The first-order chi connectivity index (χ1) is 8.70. The van der Waals surface area contributed by atoms with Gasteiger partial charge in [-0.3, -0.25) is 9.48 Å². The predicted octanol–water partition coefficient (Wildman–Crippen LogP) is 1.71. The molecule has 6 heteroatoms. The molecular formula is C12H12FN3O2. The van der Waals surface area contributed by atoms with Crippen molar-refractivity contribution in [2.24, 2.45) is 7.05 Å². The summed E-state index contributed by atoms with van der Waals surface area (Å²) in [6.07, 6.45) is 2.14. The number of carbonyl (C=O) groups is 1. The summed E-state index contributed by atoms with van der Waals surface area (Å²) in [4.78, 5) is 10.4. The molecule has 0 aliphatic carbocycles. The van der Waals surface area contributed by atoms with E-state index in [-0.39, 0.29) is 6.61 Å². The Morgan fingerprint density at radius 1 is 1.50 bits per heavy atom. The fraction of sp³-hybridized carbons (Fsp3) is 0.167. The SMILES string of the molecule is Cn1nccc1COc1ccc(F)cc1NC=O. The molecular weight excluding hydrogens is 237 g/mol. The van der Waals surface area contributed by atoms with Crippen molar-refractivity contribution >= 4 is 12.1 Å². The molecule has 1 aromatic heterocycles. The van der Waals surface area contributed by atoms with Crippen LogP contribution in [0.15, 0.2) is 30.5 Å². The van der Waals surface area contributed by atoms with Gasteiger partial charge in [0, 0.05) is 19.3 Å². The Morgan fingerprint density at radius 3 is 3.00 bits per heavy atom. The topological polar surface area (TPSA) is 56.1 Å². The normalized spacial score (nSPS) is 10.1. The van der Waals surface area contributed by atoms with Crippen LogP contribution in [0.3, 0.4) is 0 Å². The number of aromatic nitrogens is 2. The lowest BCUT2D eigenvalue weighted by Gasteiger charge is -2.10. The number of hydrogen-bond donors (Lipinski definition) is 1. The molecule has 1 N–H and O–H groups in total. The average molecular weight is 249 g/mol. The van der Waals surface area contributed by atoms with E-state index in [1.54, 1.807) is 17.9 Å². The lowest BCUT2D eigenvalue weighted by atomic mass is 10.3. The van der Waals surface area contributed by atoms with Gasteiger partial charge in [0.15, 0.2) is 0 Å². The van der Waals surface area contributed by atoms with Crippen molar-refractivity contribution in [3.05, 3.63) is 42.0 Å². The Balaban J connectivity index is 2.13. The van der Waals surface area contributed by atoms with Crippen LogP contribution in [0.25, 0.3) is 0 Å². The third kappa shape index (κ3) is 2.65. The van der Waals surface area contributed by atoms with E-state index in [4.69, 9.17) is 4.74 Å². The minimum atomic E-state index is -0.438. The number of ether oxygens (including phenoxy) is 1. The summed E-state index contributed by atoms with van der Waals surface area (Å²) in [6, 6.07) is 5.76. The first kappa shape index (κ1) is 12.1. The second-order valence-corrected chi connectivity index (χ2v) is 3.64. The number of anilines is 1. The summed E-state index contributed by atoms with van der Waals surface area (Å²) in [5.74, 6) is -0.0306. The molecule has 0 saturated carbocycles.